The highest BCUT2D eigenvalue weighted by molar-refractivity contribution is 5.95. The van der Waals surface area contributed by atoms with E-state index in [4.69, 9.17) is 4.74 Å². The Kier molecular flexibility index (Phi) is 6.57. The highest BCUT2D eigenvalue weighted by atomic mass is 19.1. The van der Waals surface area contributed by atoms with E-state index >= 15 is 0 Å². The first kappa shape index (κ1) is 20.9. The number of amides is 2. The molecule has 1 N–H and O–H groups in total. The van der Waals surface area contributed by atoms with Crippen molar-refractivity contribution in [2.45, 2.75) is 46.6 Å². The van der Waals surface area contributed by atoms with Crippen LogP contribution in [0.2, 0.25) is 0 Å². The van der Waals surface area contributed by atoms with Gasteiger partial charge in [-0.15, -0.1) is 0 Å². The molecule has 2 amide bonds. The first-order chi connectivity index (χ1) is 12.6. The molecule has 0 spiro atoms. The summed E-state index contributed by atoms with van der Waals surface area (Å²) in [7, 11) is 0. The Labute approximate surface area is 159 Å². The lowest BCUT2D eigenvalue weighted by Gasteiger charge is -2.35. The van der Waals surface area contributed by atoms with Gasteiger partial charge in [0.15, 0.2) is 6.10 Å². The molecular weight excluding hydrogens is 351 g/mol. The van der Waals surface area contributed by atoms with Crippen LogP contribution in [0.5, 0.6) is 0 Å². The van der Waals surface area contributed by atoms with Gasteiger partial charge in [0.25, 0.3) is 5.91 Å². The van der Waals surface area contributed by atoms with Crippen molar-refractivity contribution < 1.29 is 23.5 Å². The highest BCUT2D eigenvalue weighted by Gasteiger charge is 2.33. The predicted molar refractivity (Wildman–Crippen MR) is 99.3 cm³/mol. The van der Waals surface area contributed by atoms with E-state index in [1.807, 2.05) is 20.8 Å². The number of carbonyl (C=O) groups excluding carboxylic acids is 3. The lowest BCUT2D eigenvalue weighted by Crippen LogP contribution is -2.45. The number of likely N-dealkylation sites (tertiary alicyclic amines) is 1. The molecule has 0 bridgehead atoms. The standard InChI is InChI=1S/C20H27FN2O4/c1-13(17(24)22-16-7-5-6-15(21)12-16)27-18(25)14-8-10-23(11-9-14)19(26)20(2,3)4/h5-7,12-14H,8-11H2,1-4H3,(H,22,24)/t13-/m0/s1. The number of rotatable bonds is 4. The van der Waals surface area contributed by atoms with Crippen LogP contribution in [0.1, 0.15) is 40.5 Å². The molecule has 1 heterocycles. The molecule has 0 saturated carbocycles. The van der Waals surface area contributed by atoms with Crippen LogP contribution in [0.25, 0.3) is 0 Å². The third-order valence-electron chi connectivity index (χ3n) is 4.51. The van der Waals surface area contributed by atoms with E-state index in [1.165, 1.54) is 25.1 Å². The minimum absolute atomic E-state index is 0.0668. The van der Waals surface area contributed by atoms with Crippen LogP contribution in [0.15, 0.2) is 24.3 Å². The minimum Gasteiger partial charge on any atom is -0.452 e. The Morgan fingerprint density at radius 3 is 2.41 bits per heavy atom. The maximum Gasteiger partial charge on any atom is 0.309 e. The molecule has 0 radical (unpaired) electrons. The van der Waals surface area contributed by atoms with E-state index in [2.05, 4.69) is 5.32 Å². The molecule has 0 aromatic heterocycles. The summed E-state index contributed by atoms with van der Waals surface area (Å²) in [5, 5.41) is 2.52. The largest absolute Gasteiger partial charge is 0.452 e. The first-order valence-corrected chi connectivity index (χ1v) is 9.14. The van der Waals surface area contributed by atoms with Crippen molar-refractivity contribution in [1.82, 2.24) is 4.90 Å². The summed E-state index contributed by atoms with van der Waals surface area (Å²) < 4.78 is 18.4. The van der Waals surface area contributed by atoms with Crippen molar-refractivity contribution in [3.63, 3.8) is 0 Å². The number of anilines is 1. The number of ether oxygens (including phenoxy) is 1. The van der Waals surface area contributed by atoms with Crippen molar-refractivity contribution in [1.29, 1.82) is 0 Å². The Morgan fingerprint density at radius 1 is 1.22 bits per heavy atom. The maximum absolute atomic E-state index is 13.2. The third kappa shape index (κ3) is 5.77. The molecule has 148 valence electrons. The van der Waals surface area contributed by atoms with Gasteiger partial charge in [0, 0.05) is 24.2 Å². The second-order valence-corrected chi connectivity index (χ2v) is 7.90. The molecule has 1 saturated heterocycles. The van der Waals surface area contributed by atoms with Gasteiger partial charge < -0.3 is 15.0 Å². The monoisotopic (exact) mass is 378 g/mol. The molecule has 1 fully saturated rings. The average Bonchev–Trinajstić information content (AvgIpc) is 2.60. The van der Waals surface area contributed by atoms with Gasteiger partial charge in [-0.05, 0) is 38.0 Å². The maximum atomic E-state index is 13.2. The summed E-state index contributed by atoms with van der Waals surface area (Å²) in [5.74, 6) is -1.70. The van der Waals surface area contributed by atoms with Gasteiger partial charge in [0.2, 0.25) is 5.91 Å². The summed E-state index contributed by atoms with van der Waals surface area (Å²) >= 11 is 0. The van der Waals surface area contributed by atoms with Crippen LogP contribution in [-0.2, 0) is 19.1 Å². The van der Waals surface area contributed by atoms with Gasteiger partial charge in [-0.1, -0.05) is 26.8 Å². The van der Waals surface area contributed by atoms with E-state index in [1.54, 1.807) is 11.0 Å². The van der Waals surface area contributed by atoms with Gasteiger partial charge in [-0.25, -0.2) is 4.39 Å². The molecular formula is C20H27FN2O4. The van der Waals surface area contributed by atoms with E-state index < -0.39 is 29.2 Å². The van der Waals surface area contributed by atoms with Crippen LogP contribution in [-0.4, -0.2) is 41.9 Å². The number of piperidine rings is 1. The number of nitrogens with one attached hydrogen (secondary N) is 1. The molecule has 1 aliphatic rings. The number of carbonyl (C=O) groups is 3. The van der Waals surface area contributed by atoms with E-state index in [-0.39, 0.29) is 11.8 Å². The van der Waals surface area contributed by atoms with Crippen molar-refractivity contribution in [2.24, 2.45) is 11.3 Å². The second kappa shape index (κ2) is 8.50. The summed E-state index contributed by atoms with van der Waals surface area (Å²) in [4.78, 5) is 38.5. The van der Waals surface area contributed by atoms with E-state index in [0.717, 1.165) is 0 Å². The average molecular weight is 378 g/mol. The fourth-order valence-corrected chi connectivity index (χ4v) is 2.93. The van der Waals surface area contributed by atoms with Crippen LogP contribution in [0.4, 0.5) is 10.1 Å². The zero-order valence-corrected chi connectivity index (χ0v) is 16.3. The quantitative estimate of drug-likeness (QED) is 0.818. The molecule has 2 rings (SSSR count). The number of hydrogen-bond donors (Lipinski definition) is 1. The van der Waals surface area contributed by atoms with Crippen LogP contribution in [0, 0.1) is 17.2 Å². The molecule has 7 heteroatoms. The van der Waals surface area contributed by atoms with Crippen molar-refractivity contribution in [3.8, 4) is 0 Å². The molecule has 6 nitrogen and oxygen atoms in total. The lowest BCUT2D eigenvalue weighted by molar-refractivity contribution is -0.160. The van der Waals surface area contributed by atoms with Crippen LogP contribution >= 0.6 is 0 Å². The van der Waals surface area contributed by atoms with Crippen molar-refractivity contribution in [2.75, 3.05) is 18.4 Å². The Bertz CT molecular complexity index is 706. The second-order valence-electron chi connectivity index (χ2n) is 7.90. The Balaban J connectivity index is 1.83. The van der Waals surface area contributed by atoms with Crippen LogP contribution in [0.3, 0.4) is 0 Å². The van der Waals surface area contributed by atoms with E-state index in [0.29, 0.717) is 31.6 Å². The van der Waals surface area contributed by atoms with E-state index in [9.17, 15) is 18.8 Å². The van der Waals surface area contributed by atoms with Crippen molar-refractivity contribution in [3.05, 3.63) is 30.1 Å². The normalized spacial score (nSPS) is 16.6. The molecule has 1 aromatic rings. The van der Waals surface area contributed by atoms with Crippen molar-refractivity contribution >= 4 is 23.5 Å². The molecule has 0 aliphatic carbocycles. The zero-order valence-electron chi connectivity index (χ0n) is 16.3. The summed E-state index contributed by atoms with van der Waals surface area (Å²) in [6, 6.07) is 5.50. The topological polar surface area (TPSA) is 75.7 Å². The fourth-order valence-electron chi connectivity index (χ4n) is 2.93. The Morgan fingerprint density at radius 2 is 1.85 bits per heavy atom. The highest BCUT2D eigenvalue weighted by Crippen LogP contribution is 2.24. The van der Waals surface area contributed by atoms with Crippen LogP contribution < -0.4 is 5.32 Å². The van der Waals surface area contributed by atoms with Gasteiger partial charge in [0.05, 0.1) is 5.92 Å². The van der Waals surface area contributed by atoms with Gasteiger partial charge in [0.1, 0.15) is 5.82 Å². The molecule has 1 aromatic carbocycles. The zero-order chi connectivity index (χ0) is 20.2. The number of halogens is 1. The number of hydrogen-bond acceptors (Lipinski definition) is 4. The Hall–Kier alpha value is -2.44. The third-order valence-corrected chi connectivity index (χ3v) is 4.51. The lowest BCUT2D eigenvalue weighted by atomic mass is 9.91. The number of nitrogens with zero attached hydrogens (tertiary/aromatic N) is 1. The first-order valence-electron chi connectivity index (χ1n) is 9.14. The fraction of sp³-hybridized carbons (Fsp3) is 0.550. The SMILES string of the molecule is C[C@H](OC(=O)C1CCN(C(=O)C(C)(C)C)CC1)C(=O)Nc1cccc(F)c1. The smallest absolute Gasteiger partial charge is 0.309 e. The summed E-state index contributed by atoms with van der Waals surface area (Å²) in [6.45, 7) is 8.09. The van der Waals surface area contributed by atoms with Gasteiger partial charge >= 0.3 is 5.97 Å². The number of benzene rings is 1. The molecule has 27 heavy (non-hydrogen) atoms. The minimum atomic E-state index is -0.991. The molecule has 0 unspecified atom stereocenters. The predicted octanol–water partition coefficient (Wildman–Crippen LogP) is 2.98. The summed E-state index contributed by atoms with van der Waals surface area (Å²) in [5.41, 5.74) is -0.145. The van der Waals surface area contributed by atoms with Gasteiger partial charge in [-0.3, -0.25) is 14.4 Å². The number of esters is 1. The summed E-state index contributed by atoms with van der Waals surface area (Å²) in [6.07, 6.45) is 0.0348. The molecule has 1 aliphatic heterocycles. The molecule has 1 atom stereocenters. The van der Waals surface area contributed by atoms with Gasteiger partial charge in [-0.2, -0.15) is 0 Å².